The second-order valence-corrected chi connectivity index (χ2v) is 5.82. The number of carboxylic acid groups (broad SMARTS) is 1. The number of aliphatic carboxylic acids is 1. The van der Waals surface area contributed by atoms with Crippen LogP contribution in [0.1, 0.15) is 28.7 Å². The SMILES string of the molecule is CCOc1ccc(CC(CNC(=O)c2cc(C)n(C)n2)C(=O)O)cc1. The molecule has 134 valence electrons. The van der Waals surface area contributed by atoms with Gasteiger partial charge in [-0.25, -0.2) is 0 Å². The van der Waals surface area contributed by atoms with Crippen molar-refractivity contribution in [2.45, 2.75) is 20.3 Å². The van der Waals surface area contributed by atoms with E-state index in [0.29, 0.717) is 13.0 Å². The number of aryl methyl sites for hydroxylation is 2. The van der Waals surface area contributed by atoms with Crippen LogP contribution in [0.2, 0.25) is 0 Å². The number of carboxylic acids is 1. The highest BCUT2D eigenvalue weighted by molar-refractivity contribution is 5.92. The number of nitrogens with zero attached hydrogens (tertiary/aromatic N) is 2. The third-order valence-corrected chi connectivity index (χ3v) is 3.92. The molecule has 0 saturated heterocycles. The van der Waals surface area contributed by atoms with Gasteiger partial charge in [-0.15, -0.1) is 0 Å². The van der Waals surface area contributed by atoms with E-state index in [1.165, 1.54) is 0 Å². The molecule has 1 heterocycles. The summed E-state index contributed by atoms with van der Waals surface area (Å²) in [5, 5.41) is 16.1. The minimum atomic E-state index is -0.952. The number of nitrogens with one attached hydrogen (secondary N) is 1. The largest absolute Gasteiger partial charge is 0.494 e. The van der Waals surface area contributed by atoms with Crippen molar-refractivity contribution in [3.05, 3.63) is 47.3 Å². The zero-order valence-corrected chi connectivity index (χ0v) is 14.7. The first-order chi connectivity index (χ1) is 11.9. The number of amides is 1. The monoisotopic (exact) mass is 345 g/mol. The highest BCUT2D eigenvalue weighted by Gasteiger charge is 2.20. The Bertz CT molecular complexity index is 718. The van der Waals surface area contributed by atoms with Crippen LogP contribution in [0.25, 0.3) is 0 Å². The lowest BCUT2D eigenvalue weighted by Gasteiger charge is -2.13. The van der Waals surface area contributed by atoms with Crippen LogP contribution >= 0.6 is 0 Å². The molecule has 1 unspecified atom stereocenters. The van der Waals surface area contributed by atoms with E-state index in [0.717, 1.165) is 17.0 Å². The van der Waals surface area contributed by atoms with Gasteiger partial charge >= 0.3 is 5.97 Å². The Morgan fingerprint density at radius 2 is 2.00 bits per heavy atom. The smallest absolute Gasteiger partial charge is 0.308 e. The molecule has 0 saturated carbocycles. The van der Waals surface area contributed by atoms with Gasteiger partial charge in [-0.1, -0.05) is 12.1 Å². The average Bonchev–Trinajstić information content (AvgIpc) is 2.92. The normalized spacial score (nSPS) is 11.8. The number of carbonyl (C=O) groups excluding carboxylic acids is 1. The molecule has 0 radical (unpaired) electrons. The van der Waals surface area contributed by atoms with E-state index in [-0.39, 0.29) is 18.1 Å². The van der Waals surface area contributed by atoms with E-state index in [4.69, 9.17) is 4.74 Å². The van der Waals surface area contributed by atoms with Gasteiger partial charge in [0.25, 0.3) is 5.91 Å². The molecule has 2 N–H and O–H groups in total. The molecule has 2 aromatic rings. The van der Waals surface area contributed by atoms with Gasteiger partial charge < -0.3 is 15.2 Å². The Morgan fingerprint density at radius 3 is 2.52 bits per heavy atom. The van der Waals surface area contributed by atoms with Gasteiger partial charge in [0.1, 0.15) is 11.4 Å². The molecule has 0 bridgehead atoms. The molecule has 0 fully saturated rings. The van der Waals surface area contributed by atoms with Gasteiger partial charge in [-0.05, 0) is 44.0 Å². The van der Waals surface area contributed by atoms with Gasteiger partial charge in [0.15, 0.2) is 0 Å². The maximum absolute atomic E-state index is 12.1. The second kappa shape index (κ2) is 8.32. The average molecular weight is 345 g/mol. The number of hydrogen-bond donors (Lipinski definition) is 2. The molecular formula is C18H23N3O4. The quantitative estimate of drug-likeness (QED) is 0.761. The first kappa shape index (κ1) is 18.5. The minimum absolute atomic E-state index is 0.0387. The van der Waals surface area contributed by atoms with E-state index in [2.05, 4.69) is 10.4 Å². The Hall–Kier alpha value is -2.83. The number of benzene rings is 1. The van der Waals surface area contributed by atoms with Crippen molar-refractivity contribution < 1.29 is 19.4 Å². The molecule has 0 aliphatic carbocycles. The van der Waals surface area contributed by atoms with Crippen molar-refractivity contribution in [3.63, 3.8) is 0 Å². The van der Waals surface area contributed by atoms with Crippen molar-refractivity contribution >= 4 is 11.9 Å². The summed E-state index contributed by atoms with van der Waals surface area (Å²) in [7, 11) is 1.75. The third kappa shape index (κ3) is 5.07. The Morgan fingerprint density at radius 1 is 1.32 bits per heavy atom. The Labute approximate surface area is 146 Å². The lowest BCUT2D eigenvalue weighted by atomic mass is 9.99. The fourth-order valence-corrected chi connectivity index (χ4v) is 2.40. The Balaban J connectivity index is 1.96. The Kier molecular flexibility index (Phi) is 6.16. The lowest BCUT2D eigenvalue weighted by Crippen LogP contribution is -2.34. The van der Waals surface area contributed by atoms with Crippen LogP contribution in [-0.4, -0.2) is 39.9 Å². The predicted octanol–water partition coefficient (Wildman–Crippen LogP) is 1.80. The van der Waals surface area contributed by atoms with Crippen LogP contribution in [0.3, 0.4) is 0 Å². The maximum Gasteiger partial charge on any atom is 0.308 e. The molecule has 7 heteroatoms. The van der Waals surface area contributed by atoms with E-state index in [9.17, 15) is 14.7 Å². The maximum atomic E-state index is 12.1. The molecular weight excluding hydrogens is 322 g/mol. The van der Waals surface area contributed by atoms with Gasteiger partial charge in [-0.3, -0.25) is 14.3 Å². The van der Waals surface area contributed by atoms with Crippen molar-refractivity contribution in [2.75, 3.05) is 13.2 Å². The molecule has 1 aromatic carbocycles. The summed E-state index contributed by atoms with van der Waals surface area (Å²) >= 11 is 0. The first-order valence-electron chi connectivity index (χ1n) is 8.14. The summed E-state index contributed by atoms with van der Waals surface area (Å²) in [5.41, 5.74) is 2.01. The predicted molar refractivity (Wildman–Crippen MR) is 92.7 cm³/mol. The zero-order valence-electron chi connectivity index (χ0n) is 14.7. The summed E-state index contributed by atoms with van der Waals surface area (Å²) in [6.07, 6.45) is 0.323. The molecule has 1 aromatic heterocycles. The molecule has 0 spiro atoms. The van der Waals surface area contributed by atoms with Crippen LogP contribution in [-0.2, 0) is 18.3 Å². The molecule has 0 aliphatic heterocycles. The summed E-state index contributed by atoms with van der Waals surface area (Å²) in [6, 6.07) is 8.97. The highest BCUT2D eigenvalue weighted by Crippen LogP contribution is 2.15. The molecule has 7 nitrogen and oxygen atoms in total. The highest BCUT2D eigenvalue weighted by atomic mass is 16.5. The fourth-order valence-electron chi connectivity index (χ4n) is 2.40. The van der Waals surface area contributed by atoms with Crippen molar-refractivity contribution in [1.82, 2.24) is 15.1 Å². The van der Waals surface area contributed by atoms with Crippen LogP contribution in [0.15, 0.2) is 30.3 Å². The topological polar surface area (TPSA) is 93.5 Å². The van der Waals surface area contributed by atoms with E-state index < -0.39 is 11.9 Å². The van der Waals surface area contributed by atoms with Gasteiger partial charge in [0, 0.05) is 19.3 Å². The van der Waals surface area contributed by atoms with Crippen LogP contribution < -0.4 is 10.1 Å². The number of rotatable bonds is 8. The van der Waals surface area contributed by atoms with E-state index in [1.54, 1.807) is 17.8 Å². The van der Waals surface area contributed by atoms with Crippen molar-refractivity contribution in [1.29, 1.82) is 0 Å². The lowest BCUT2D eigenvalue weighted by molar-refractivity contribution is -0.141. The van der Waals surface area contributed by atoms with E-state index in [1.807, 2.05) is 38.1 Å². The van der Waals surface area contributed by atoms with Crippen molar-refractivity contribution in [2.24, 2.45) is 13.0 Å². The number of hydrogen-bond acceptors (Lipinski definition) is 4. The van der Waals surface area contributed by atoms with E-state index >= 15 is 0 Å². The molecule has 25 heavy (non-hydrogen) atoms. The molecule has 1 atom stereocenters. The van der Waals surface area contributed by atoms with Gasteiger partial charge in [-0.2, -0.15) is 5.10 Å². The zero-order chi connectivity index (χ0) is 18.4. The second-order valence-electron chi connectivity index (χ2n) is 5.82. The number of ether oxygens (including phenoxy) is 1. The summed E-state index contributed by atoms with van der Waals surface area (Å²) in [4.78, 5) is 23.6. The van der Waals surface area contributed by atoms with Gasteiger partial charge in [0.2, 0.25) is 0 Å². The van der Waals surface area contributed by atoms with Crippen LogP contribution in [0.4, 0.5) is 0 Å². The fraction of sp³-hybridized carbons (Fsp3) is 0.389. The standard InChI is InChI=1S/C18H23N3O4/c1-4-25-15-7-5-13(6-8-15)10-14(18(23)24)11-19-17(22)16-9-12(2)21(3)20-16/h5-9,14H,4,10-11H2,1-3H3,(H,19,22)(H,23,24). The van der Waals surface area contributed by atoms with Crippen molar-refractivity contribution in [3.8, 4) is 5.75 Å². The first-order valence-corrected chi connectivity index (χ1v) is 8.14. The summed E-state index contributed by atoms with van der Waals surface area (Å²) in [5.74, 6) is -1.29. The molecule has 1 amide bonds. The molecule has 0 aliphatic rings. The minimum Gasteiger partial charge on any atom is -0.494 e. The van der Waals surface area contributed by atoms with Crippen LogP contribution in [0, 0.1) is 12.8 Å². The van der Waals surface area contributed by atoms with Gasteiger partial charge in [0.05, 0.1) is 12.5 Å². The number of aromatic nitrogens is 2. The van der Waals surface area contributed by atoms with Crippen LogP contribution in [0.5, 0.6) is 5.75 Å². The third-order valence-electron chi connectivity index (χ3n) is 3.92. The summed E-state index contributed by atoms with van der Waals surface area (Å²) in [6.45, 7) is 4.36. The number of carbonyl (C=O) groups is 2. The summed E-state index contributed by atoms with van der Waals surface area (Å²) < 4.78 is 6.97. The molecule has 2 rings (SSSR count).